The Morgan fingerprint density at radius 2 is 1.71 bits per heavy atom. The van der Waals surface area contributed by atoms with E-state index in [0.717, 1.165) is 16.9 Å². The van der Waals surface area contributed by atoms with Gasteiger partial charge in [-0.15, -0.1) is 0 Å². The summed E-state index contributed by atoms with van der Waals surface area (Å²) in [5.74, 6) is 1.89. The first-order valence-electron chi connectivity index (χ1n) is 7.04. The summed E-state index contributed by atoms with van der Waals surface area (Å²) >= 11 is 0. The molecule has 0 fully saturated rings. The summed E-state index contributed by atoms with van der Waals surface area (Å²) in [7, 11) is 0. The molecule has 1 aromatic heterocycles. The van der Waals surface area contributed by atoms with E-state index < -0.39 is 0 Å². The Morgan fingerprint density at radius 1 is 1.10 bits per heavy atom. The van der Waals surface area contributed by atoms with Crippen LogP contribution in [0, 0.1) is 12.7 Å². The van der Waals surface area contributed by atoms with E-state index in [0.29, 0.717) is 11.6 Å². The van der Waals surface area contributed by atoms with E-state index >= 15 is 0 Å². The maximum atomic E-state index is 13.0. The number of aromatic nitrogens is 2. The third-order valence-electron chi connectivity index (χ3n) is 3.44. The summed E-state index contributed by atoms with van der Waals surface area (Å²) < 4.78 is 13.0. The number of nitrogen functional groups attached to an aromatic ring is 1. The molecular weight excluding hydrogens is 267 g/mol. The fourth-order valence-electron chi connectivity index (χ4n) is 1.99. The van der Waals surface area contributed by atoms with Gasteiger partial charge in [-0.05, 0) is 31.5 Å². The van der Waals surface area contributed by atoms with Gasteiger partial charge in [-0.3, -0.25) is 0 Å². The third-order valence-corrected chi connectivity index (χ3v) is 3.44. The molecular formula is C16H21FN4. The predicted octanol–water partition coefficient (Wildman–Crippen LogP) is 3.80. The number of rotatable bonds is 4. The van der Waals surface area contributed by atoms with E-state index in [1.54, 1.807) is 12.1 Å². The number of nitrogens with two attached hydrogens (primary N) is 1. The van der Waals surface area contributed by atoms with Gasteiger partial charge in [0.25, 0.3) is 0 Å². The molecule has 1 aromatic carbocycles. The number of nitrogens with one attached hydrogen (secondary N) is 1. The Kier molecular flexibility index (Phi) is 4.40. The van der Waals surface area contributed by atoms with Crippen LogP contribution in [0.3, 0.4) is 0 Å². The van der Waals surface area contributed by atoms with E-state index in [2.05, 4.69) is 15.3 Å². The van der Waals surface area contributed by atoms with Gasteiger partial charge >= 0.3 is 0 Å². The zero-order chi connectivity index (χ0) is 15.6. The Bertz CT molecular complexity index is 623. The first-order valence-corrected chi connectivity index (χ1v) is 7.04. The molecule has 0 aliphatic rings. The van der Waals surface area contributed by atoms with Crippen molar-refractivity contribution in [1.29, 1.82) is 0 Å². The van der Waals surface area contributed by atoms with Gasteiger partial charge in [0.15, 0.2) is 0 Å². The summed E-state index contributed by atoms with van der Waals surface area (Å²) in [6.45, 7) is 7.94. The van der Waals surface area contributed by atoms with Crippen molar-refractivity contribution in [2.75, 3.05) is 11.1 Å². The Labute approximate surface area is 124 Å². The number of benzene rings is 1. The van der Waals surface area contributed by atoms with Crippen molar-refractivity contribution in [3.8, 4) is 0 Å². The molecule has 1 heterocycles. The smallest absolute Gasteiger partial charge is 0.135 e. The van der Waals surface area contributed by atoms with Crippen molar-refractivity contribution in [3.05, 3.63) is 47.0 Å². The molecule has 3 N–H and O–H groups in total. The number of nitrogens with zero attached hydrogens (tertiary/aromatic N) is 2. The number of hydrogen-bond acceptors (Lipinski definition) is 4. The van der Waals surface area contributed by atoms with Crippen molar-refractivity contribution in [1.82, 2.24) is 9.97 Å². The van der Waals surface area contributed by atoms with E-state index in [4.69, 9.17) is 5.73 Å². The van der Waals surface area contributed by atoms with Gasteiger partial charge in [0.05, 0.1) is 0 Å². The van der Waals surface area contributed by atoms with E-state index in [1.807, 2.05) is 27.7 Å². The zero-order valence-corrected chi connectivity index (χ0v) is 12.8. The molecule has 112 valence electrons. The Morgan fingerprint density at radius 3 is 2.29 bits per heavy atom. The van der Waals surface area contributed by atoms with E-state index in [-0.39, 0.29) is 17.8 Å². The third kappa shape index (κ3) is 3.48. The largest absolute Gasteiger partial charge is 0.383 e. The van der Waals surface area contributed by atoms with Gasteiger partial charge in [0.2, 0.25) is 0 Å². The molecule has 0 spiro atoms. The van der Waals surface area contributed by atoms with Crippen LogP contribution in [-0.4, -0.2) is 9.97 Å². The molecule has 0 saturated carbocycles. The summed E-state index contributed by atoms with van der Waals surface area (Å²) in [6, 6.07) is 6.42. The number of anilines is 2. The highest BCUT2D eigenvalue weighted by molar-refractivity contribution is 5.55. The first-order chi connectivity index (χ1) is 9.88. The van der Waals surface area contributed by atoms with Crippen LogP contribution in [-0.2, 0) is 0 Å². The van der Waals surface area contributed by atoms with Crippen LogP contribution in [0.1, 0.15) is 49.7 Å². The minimum absolute atomic E-state index is 0.00128. The molecule has 21 heavy (non-hydrogen) atoms. The predicted molar refractivity (Wildman–Crippen MR) is 83.7 cm³/mol. The average molecular weight is 288 g/mol. The van der Waals surface area contributed by atoms with Gasteiger partial charge in [-0.2, -0.15) is 0 Å². The van der Waals surface area contributed by atoms with Crippen LogP contribution in [0.15, 0.2) is 24.3 Å². The highest BCUT2D eigenvalue weighted by Crippen LogP contribution is 2.25. The quantitative estimate of drug-likeness (QED) is 0.898. The Hall–Kier alpha value is -2.17. The molecule has 0 saturated heterocycles. The molecule has 0 radical (unpaired) electrons. The highest BCUT2D eigenvalue weighted by Gasteiger charge is 2.14. The standard InChI is InChI=1S/C16H21FN4/c1-9(2)15-20-14(18)10(3)16(21-15)19-11(4)12-5-7-13(17)8-6-12/h5-9,11H,1-4H3,(H3,18,19,20,21). The van der Waals surface area contributed by atoms with Crippen molar-refractivity contribution in [2.24, 2.45) is 0 Å². The van der Waals surface area contributed by atoms with E-state index in [9.17, 15) is 4.39 Å². The van der Waals surface area contributed by atoms with Crippen molar-refractivity contribution >= 4 is 11.6 Å². The molecule has 0 bridgehead atoms. The highest BCUT2D eigenvalue weighted by atomic mass is 19.1. The maximum Gasteiger partial charge on any atom is 0.135 e. The average Bonchev–Trinajstić information content (AvgIpc) is 2.44. The second kappa shape index (κ2) is 6.08. The lowest BCUT2D eigenvalue weighted by Crippen LogP contribution is -2.13. The van der Waals surface area contributed by atoms with E-state index in [1.165, 1.54) is 12.1 Å². The summed E-state index contributed by atoms with van der Waals surface area (Å²) in [6.07, 6.45) is 0. The minimum atomic E-state index is -0.240. The second-order valence-electron chi connectivity index (χ2n) is 5.51. The van der Waals surface area contributed by atoms with Gasteiger partial charge in [0.1, 0.15) is 23.3 Å². The van der Waals surface area contributed by atoms with Crippen molar-refractivity contribution in [3.63, 3.8) is 0 Å². The van der Waals surface area contributed by atoms with Crippen LogP contribution >= 0.6 is 0 Å². The topological polar surface area (TPSA) is 63.8 Å². The lowest BCUT2D eigenvalue weighted by molar-refractivity contribution is 0.626. The fourth-order valence-corrected chi connectivity index (χ4v) is 1.99. The van der Waals surface area contributed by atoms with Gasteiger partial charge in [-0.1, -0.05) is 26.0 Å². The van der Waals surface area contributed by atoms with Crippen LogP contribution < -0.4 is 11.1 Å². The van der Waals surface area contributed by atoms with Crippen LogP contribution in [0.25, 0.3) is 0 Å². The van der Waals surface area contributed by atoms with Gasteiger partial charge in [0, 0.05) is 17.5 Å². The molecule has 1 unspecified atom stereocenters. The molecule has 0 aliphatic carbocycles. The minimum Gasteiger partial charge on any atom is -0.383 e. The summed E-state index contributed by atoms with van der Waals surface area (Å²) in [5.41, 5.74) is 7.77. The SMILES string of the molecule is Cc1c(N)nc(C(C)C)nc1NC(C)c1ccc(F)cc1. The molecule has 1 atom stereocenters. The number of hydrogen-bond donors (Lipinski definition) is 2. The molecule has 2 rings (SSSR count). The Balaban J connectivity index is 2.28. The second-order valence-corrected chi connectivity index (χ2v) is 5.51. The lowest BCUT2D eigenvalue weighted by Gasteiger charge is -2.18. The number of halogens is 1. The van der Waals surface area contributed by atoms with Crippen LogP contribution in [0.2, 0.25) is 0 Å². The molecule has 4 nitrogen and oxygen atoms in total. The normalized spacial score (nSPS) is 12.5. The molecule has 2 aromatic rings. The zero-order valence-electron chi connectivity index (χ0n) is 12.8. The van der Waals surface area contributed by atoms with Gasteiger partial charge in [-0.25, -0.2) is 14.4 Å². The molecule has 0 amide bonds. The van der Waals surface area contributed by atoms with Crippen LogP contribution in [0.5, 0.6) is 0 Å². The van der Waals surface area contributed by atoms with Crippen LogP contribution in [0.4, 0.5) is 16.0 Å². The summed E-state index contributed by atoms with van der Waals surface area (Å²) in [4.78, 5) is 8.84. The fraction of sp³-hybridized carbons (Fsp3) is 0.375. The molecule has 0 aliphatic heterocycles. The maximum absolute atomic E-state index is 13.0. The first kappa shape index (κ1) is 15.2. The van der Waals surface area contributed by atoms with Crippen molar-refractivity contribution in [2.45, 2.75) is 39.7 Å². The monoisotopic (exact) mass is 288 g/mol. The molecule has 5 heteroatoms. The van der Waals surface area contributed by atoms with Crippen molar-refractivity contribution < 1.29 is 4.39 Å². The van der Waals surface area contributed by atoms with Gasteiger partial charge < -0.3 is 11.1 Å². The lowest BCUT2D eigenvalue weighted by atomic mass is 10.1. The summed E-state index contributed by atoms with van der Waals surface area (Å²) in [5, 5.41) is 3.33.